The van der Waals surface area contributed by atoms with Gasteiger partial charge in [-0.15, -0.1) is 0 Å². The number of hydrogen-bond acceptors (Lipinski definition) is 4. The molecule has 1 atom stereocenters. The number of anilines is 1. The van der Waals surface area contributed by atoms with Crippen LogP contribution in [0.5, 0.6) is 0 Å². The summed E-state index contributed by atoms with van der Waals surface area (Å²) in [7, 11) is 0. The van der Waals surface area contributed by atoms with Crippen molar-refractivity contribution in [3.8, 4) is 11.4 Å². The van der Waals surface area contributed by atoms with Crippen molar-refractivity contribution in [3.63, 3.8) is 0 Å². The Bertz CT molecular complexity index is 993. The van der Waals surface area contributed by atoms with Crippen LogP contribution in [0.1, 0.15) is 39.2 Å². The lowest BCUT2D eigenvalue weighted by Crippen LogP contribution is -2.29. The molecule has 1 saturated heterocycles. The molecule has 0 amide bonds. The highest BCUT2D eigenvalue weighted by atomic mass is 15.1. The third-order valence-electron chi connectivity index (χ3n) is 6.16. The van der Waals surface area contributed by atoms with Gasteiger partial charge in [0.25, 0.3) is 0 Å². The molecule has 4 heterocycles. The van der Waals surface area contributed by atoms with Crippen LogP contribution in [0, 0.1) is 5.41 Å². The van der Waals surface area contributed by atoms with Gasteiger partial charge in [0, 0.05) is 30.7 Å². The molecular weight excluding hydrogens is 334 g/mol. The lowest BCUT2D eigenvalue weighted by atomic mass is 9.88. The molecule has 1 aliphatic carbocycles. The van der Waals surface area contributed by atoms with Crippen LogP contribution in [0.15, 0.2) is 42.7 Å². The van der Waals surface area contributed by atoms with Gasteiger partial charge in [0.1, 0.15) is 11.5 Å². The van der Waals surface area contributed by atoms with E-state index in [4.69, 9.17) is 4.98 Å². The summed E-state index contributed by atoms with van der Waals surface area (Å²) in [4.78, 5) is 9.49. The molecule has 2 N–H and O–H groups in total. The lowest BCUT2D eigenvalue weighted by Gasteiger charge is -2.20. The van der Waals surface area contributed by atoms with Gasteiger partial charge in [0.05, 0.1) is 17.6 Å². The van der Waals surface area contributed by atoms with E-state index >= 15 is 0 Å². The predicted octanol–water partition coefficient (Wildman–Crippen LogP) is 3.86. The molecule has 0 aromatic carbocycles. The second-order valence-electron chi connectivity index (χ2n) is 9.14. The van der Waals surface area contributed by atoms with Gasteiger partial charge in [0.15, 0.2) is 0 Å². The molecule has 3 aromatic heterocycles. The lowest BCUT2D eigenvalue weighted by molar-refractivity contribution is 0.523. The van der Waals surface area contributed by atoms with Crippen molar-refractivity contribution in [2.75, 3.05) is 18.4 Å². The SMILES string of the molecule is CC(C)(C)c1ccc2ncc(-c3cccc(N[C@H]4CNCC45CC5)n3)n2c1. The van der Waals surface area contributed by atoms with Gasteiger partial charge in [0.2, 0.25) is 0 Å². The summed E-state index contributed by atoms with van der Waals surface area (Å²) in [5, 5.41) is 7.20. The zero-order chi connectivity index (χ0) is 18.6. The Balaban J connectivity index is 1.49. The fourth-order valence-corrected chi connectivity index (χ4v) is 4.15. The number of imidazole rings is 1. The molecule has 5 nitrogen and oxygen atoms in total. The molecule has 5 rings (SSSR count). The van der Waals surface area contributed by atoms with Crippen molar-refractivity contribution in [2.45, 2.75) is 45.1 Å². The summed E-state index contributed by atoms with van der Waals surface area (Å²) in [6.07, 6.45) is 6.76. The van der Waals surface area contributed by atoms with Crippen molar-refractivity contribution in [3.05, 3.63) is 48.3 Å². The number of fused-ring (bicyclic) bond motifs is 1. The van der Waals surface area contributed by atoms with Crippen molar-refractivity contribution in [1.82, 2.24) is 19.7 Å². The molecule has 2 aliphatic rings. The van der Waals surface area contributed by atoms with Gasteiger partial charge in [-0.25, -0.2) is 9.97 Å². The molecule has 3 aromatic rings. The number of nitrogens with zero attached hydrogens (tertiary/aromatic N) is 3. The van der Waals surface area contributed by atoms with Gasteiger partial charge in [-0.2, -0.15) is 0 Å². The molecule has 1 aliphatic heterocycles. The summed E-state index contributed by atoms with van der Waals surface area (Å²) in [5.41, 5.74) is 4.79. The number of rotatable bonds is 3. The number of hydrogen-bond donors (Lipinski definition) is 2. The zero-order valence-corrected chi connectivity index (χ0v) is 16.3. The second-order valence-corrected chi connectivity index (χ2v) is 9.14. The normalized spacial score (nSPS) is 21.1. The Kier molecular flexibility index (Phi) is 3.60. The fraction of sp³-hybridized carbons (Fsp3) is 0.455. The predicted molar refractivity (Wildman–Crippen MR) is 109 cm³/mol. The highest BCUT2D eigenvalue weighted by Gasteiger charge is 2.52. The van der Waals surface area contributed by atoms with Gasteiger partial charge in [-0.1, -0.05) is 32.9 Å². The van der Waals surface area contributed by atoms with E-state index in [2.05, 4.69) is 77.3 Å². The summed E-state index contributed by atoms with van der Waals surface area (Å²) >= 11 is 0. The minimum absolute atomic E-state index is 0.0978. The van der Waals surface area contributed by atoms with E-state index in [1.54, 1.807) is 0 Å². The van der Waals surface area contributed by atoms with Crippen LogP contribution in [0.3, 0.4) is 0 Å². The second kappa shape index (κ2) is 5.80. The van der Waals surface area contributed by atoms with Crippen LogP contribution in [0.25, 0.3) is 17.0 Å². The quantitative estimate of drug-likeness (QED) is 0.744. The minimum atomic E-state index is 0.0978. The van der Waals surface area contributed by atoms with E-state index in [1.807, 2.05) is 6.20 Å². The summed E-state index contributed by atoms with van der Waals surface area (Å²) in [6, 6.07) is 11.0. The Morgan fingerprint density at radius 2 is 2.04 bits per heavy atom. The maximum Gasteiger partial charge on any atom is 0.137 e. The summed E-state index contributed by atoms with van der Waals surface area (Å²) in [5.74, 6) is 0.953. The molecule has 1 spiro atoms. The molecule has 1 saturated carbocycles. The van der Waals surface area contributed by atoms with Gasteiger partial charge >= 0.3 is 0 Å². The third-order valence-corrected chi connectivity index (χ3v) is 6.16. The Labute approximate surface area is 160 Å². The molecule has 2 fully saturated rings. The van der Waals surface area contributed by atoms with Crippen LogP contribution >= 0.6 is 0 Å². The Morgan fingerprint density at radius 3 is 2.81 bits per heavy atom. The van der Waals surface area contributed by atoms with Crippen LogP contribution in [0.2, 0.25) is 0 Å². The average Bonchev–Trinajstić information content (AvgIpc) is 3.13. The molecule has 0 radical (unpaired) electrons. The van der Waals surface area contributed by atoms with E-state index in [9.17, 15) is 0 Å². The van der Waals surface area contributed by atoms with E-state index < -0.39 is 0 Å². The van der Waals surface area contributed by atoms with E-state index in [1.165, 1.54) is 18.4 Å². The first-order valence-corrected chi connectivity index (χ1v) is 9.87. The largest absolute Gasteiger partial charge is 0.365 e. The summed E-state index contributed by atoms with van der Waals surface area (Å²) < 4.78 is 2.16. The first kappa shape index (κ1) is 16.8. The highest BCUT2D eigenvalue weighted by Crippen LogP contribution is 2.51. The minimum Gasteiger partial charge on any atom is -0.365 e. The Hall–Kier alpha value is -2.40. The molecular formula is C22H27N5. The van der Waals surface area contributed by atoms with Crippen LogP contribution < -0.4 is 10.6 Å². The fourth-order valence-electron chi connectivity index (χ4n) is 4.15. The Morgan fingerprint density at radius 1 is 1.19 bits per heavy atom. The maximum absolute atomic E-state index is 4.91. The van der Waals surface area contributed by atoms with Gasteiger partial charge in [-0.3, -0.25) is 4.40 Å². The number of aromatic nitrogens is 3. The highest BCUT2D eigenvalue weighted by molar-refractivity contribution is 5.62. The van der Waals surface area contributed by atoms with Gasteiger partial charge < -0.3 is 10.6 Å². The topological polar surface area (TPSA) is 54.2 Å². The molecule has 27 heavy (non-hydrogen) atoms. The van der Waals surface area contributed by atoms with Crippen molar-refractivity contribution in [2.24, 2.45) is 5.41 Å². The molecule has 0 unspecified atom stereocenters. The van der Waals surface area contributed by atoms with Gasteiger partial charge in [-0.05, 0) is 42.0 Å². The molecule has 140 valence electrons. The number of pyridine rings is 2. The van der Waals surface area contributed by atoms with Crippen LogP contribution in [-0.4, -0.2) is 33.5 Å². The van der Waals surface area contributed by atoms with E-state index in [-0.39, 0.29) is 5.41 Å². The standard InChI is InChI=1S/C22H27N5/c1-21(2,3)15-7-8-20-24-11-17(27(20)13-15)16-5-4-6-19(25-16)26-18-12-23-14-22(18)9-10-22/h4-8,11,13,18,23H,9-10,12,14H2,1-3H3,(H,25,26)/t18-/m0/s1. The van der Waals surface area contributed by atoms with E-state index in [0.29, 0.717) is 11.5 Å². The number of nitrogens with one attached hydrogen (secondary N) is 2. The maximum atomic E-state index is 4.91. The van der Waals surface area contributed by atoms with Crippen molar-refractivity contribution in [1.29, 1.82) is 0 Å². The first-order chi connectivity index (χ1) is 12.9. The third kappa shape index (κ3) is 2.90. The first-order valence-electron chi connectivity index (χ1n) is 9.87. The molecule has 0 bridgehead atoms. The van der Waals surface area contributed by atoms with Crippen molar-refractivity contribution < 1.29 is 0 Å². The zero-order valence-electron chi connectivity index (χ0n) is 16.3. The van der Waals surface area contributed by atoms with Crippen molar-refractivity contribution >= 4 is 11.5 Å². The summed E-state index contributed by atoms with van der Waals surface area (Å²) in [6.45, 7) is 8.86. The van der Waals surface area contributed by atoms with E-state index in [0.717, 1.165) is 35.9 Å². The van der Waals surface area contributed by atoms with Crippen LogP contribution in [0.4, 0.5) is 5.82 Å². The average molecular weight is 361 g/mol. The smallest absolute Gasteiger partial charge is 0.137 e. The van der Waals surface area contributed by atoms with Crippen LogP contribution in [-0.2, 0) is 5.41 Å². The molecule has 5 heteroatoms. The monoisotopic (exact) mass is 361 g/mol.